The zero-order chi connectivity index (χ0) is 15.9. The number of halogens is 1. The van der Waals surface area contributed by atoms with E-state index in [1.165, 1.54) is 11.8 Å². The smallest absolute Gasteiger partial charge is 0.230 e. The molecule has 0 fully saturated rings. The predicted octanol–water partition coefficient (Wildman–Crippen LogP) is 2.08. The number of benzene rings is 1. The number of nitrogens with one attached hydrogen (secondary N) is 1. The summed E-state index contributed by atoms with van der Waals surface area (Å²) in [7, 11) is 1.60. The van der Waals surface area contributed by atoms with E-state index in [4.69, 9.17) is 16.3 Å². The minimum Gasteiger partial charge on any atom is -0.383 e. The highest BCUT2D eigenvalue weighted by molar-refractivity contribution is 7.99. The van der Waals surface area contributed by atoms with Gasteiger partial charge in [-0.15, -0.1) is 10.2 Å². The minimum atomic E-state index is -0.0645. The number of carbonyl (C=O) groups excluding carboxylic acids is 1. The van der Waals surface area contributed by atoms with E-state index in [2.05, 4.69) is 15.5 Å². The normalized spacial score (nSPS) is 10.7. The van der Waals surface area contributed by atoms with E-state index in [0.717, 1.165) is 11.5 Å². The molecule has 118 valence electrons. The highest BCUT2D eigenvalue weighted by Crippen LogP contribution is 2.22. The Morgan fingerprint density at radius 2 is 2.09 bits per heavy atom. The second kappa shape index (κ2) is 8.17. The third kappa shape index (κ3) is 4.46. The first-order valence-electron chi connectivity index (χ1n) is 6.68. The Kier molecular flexibility index (Phi) is 6.23. The van der Waals surface area contributed by atoms with Crippen LogP contribution >= 0.6 is 23.4 Å². The number of nitrogens with zero attached hydrogens (tertiary/aromatic N) is 3. The molecule has 0 radical (unpaired) electrons. The van der Waals surface area contributed by atoms with Gasteiger partial charge in [0.1, 0.15) is 5.82 Å². The summed E-state index contributed by atoms with van der Waals surface area (Å²) in [6, 6.07) is 7.40. The molecule has 2 rings (SSSR count). The average Bonchev–Trinajstić information content (AvgIpc) is 2.87. The van der Waals surface area contributed by atoms with Crippen molar-refractivity contribution in [3.63, 3.8) is 0 Å². The van der Waals surface area contributed by atoms with Gasteiger partial charge in [-0.05, 0) is 31.2 Å². The molecule has 0 unspecified atom stereocenters. The fraction of sp³-hybridized carbons (Fsp3) is 0.357. The molecule has 0 aliphatic heterocycles. The van der Waals surface area contributed by atoms with Gasteiger partial charge in [0.2, 0.25) is 5.91 Å². The Morgan fingerprint density at radius 1 is 1.36 bits per heavy atom. The first-order valence-corrected chi connectivity index (χ1v) is 8.04. The molecule has 22 heavy (non-hydrogen) atoms. The van der Waals surface area contributed by atoms with E-state index in [0.29, 0.717) is 23.3 Å². The van der Waals surface area contributed by atoms with Crippen molar-refractivity contribution < 1.29 is 9.53 Å². The summed E-state index contributed by atoms with van der Waals surface area (Å²) in [5.41, 5.74) is 0.911. The van der Waals surface area contributed by atoms with Gasteiger partial charge >= 0.3 is 0 Å². The van der Waals surface area contributed by atoms with Crippen molar-refractivity contribution in [1.82, 2.24) is 20.1 Å². The van der Waals surface area contributed by atoms with E-state index < -0.39 is 0 Å². The maximum absolute atomic E-state index is 11.7. The lowest BCUT2D eigenvalue weighted by Gasteiger charge is -2.08. The Balaban J connectivity index is 2.03. The fourth-order valence-electron chi connectivity index (χ4n) is 1.80. The monoisotopic (exact) mass is 340 g/mol. The Labute approximate surface area is 138 Å². The Hall–Kier alpha value is -1.57. The van der Waals surface area contributed by atoms with Crippen LogP contribution in [0, 0.1) is 6.92 Å². The molecule has 0 aliphatic carbocycles. The van der Waals surface area contributed by atoms with E-state index in [1.54, 1.807) is 7.11 Å². The van der Waals surface area contributed by atoms with Crippen molar-refractivity contribution in [1.29, 1.82) is 0 Å². The third-order valence-corrected chi connectivity index (χ3v) is 4.02. The summed E-state index contributed by atoms with van der Waals surface area (Å²) in [6.45, 7) is 2.86. The number of rotatable bonds is 7. The number of aryl methyl sites for hydroxylation is 1. The molecule has 1 aromatic carbocycles. The summed E-state index contributed by atoms with van der Waals surface area (Å²) in [5, 5.41) is 12.3. The van der Waals surface area contributed by atoms with Crippen LogP contribution < -0.4 is 5.32 Å². The van der Waals surface area contributed by atoms with Crippen molar-refractivity contribution in [2.45, 2.75) is 12.1 Å². The van der Waals surface area contributed by atoms with Crippen molar-refractivity contribution in [3.05, 3.63) is 35.1 Å². The van der Waals surface area contributed by atoms with Gasteiger partial charge in [0.05, 0.1) is 12.4 Å². The molecule has 1 aromatic heterocycles. The Morgan fingerprint density at radius 3 is 2.77 bits per heavy atom. The van der Waals surface area contributed by atoms with Crippen molar-refractivity contribution in [3.8, 4) is 5.69 Å². The molecular weight excluding hydrogens is 324 g/mol. The molecular formula is C14H17ClN4O2S. The molecule has 0 aliphatic rings. The zero-order valence-electron chi connectivity index (χ0n) is 12.4. The van der Waals surface area contributed by atoms with Gasteiger partial charge in [-0.3, -0.25) is 9.36 Å². The summed E-state index contributed by atoms with van der Waals surface area (Å²) >= 11 is 7.24. The highest BCUT2D eigenvalue weighted by atomic mass is 35.5. The molecule has 0 saturated carbocycles. The first-order chi connectivity index (χ1) is 10.6. The zero-order valence-corrected chi connectivity index (χ0v) is 13.9. The highest BCUT2D eigenvalue weighted by Gasteiger charge is 2.13. The van der Waals surface area contributed by atoms with Crippen LogP contribution in [-0.4, -0.2) is 46.7 Å². The molecule has 1 heterocycles. The van der Waals surface area contributed by atoms with Crippen LogP contribution in [0.15, 0.2) is 29.4 Å². The van der Waals surface area contributed by atoms with Gasteiger partial charge in [0.25, 0.3) is 0 Å². The number of methoxy groups -OCH3 is 1. The van der Waals surface area contributed by atoms with Crippen LogP contribution in [0.2, 0.25) is 5.02 Å². The number of ether oxygens (including phenoxy) is 1. The first kappa shape index (κ1) is 16.8. The quantitative estimate of drug-likeness (QED) is 0.617. The molecule has 6 nitrogen and oxygen atoms in total. The molecule has 0 spiro atoms. The van der Waals surface area contributed by atoms with Crippen LogP contribution in [0.5, 0.6) is 0 Å². The average molecular weight is 341 g/mol. The number of amides is 1. The van der Waals surface area contributed by atoms with Crippen LogP contribution in [-0.2, 0) is 9.53 Å². The summed E-state index contributed by atoms with van der Waals surface area (Å²) in [4.78, 5) is 11.7. The van der Waals surface area contributed by atoms with E-state index in [1.807, 2.05) is 35.8 Å². The van der Waals surface area contributed by atoms with Crippen LogP contribution in [0.1, 0.15) is 5.82 Å². The van der Waals surface area contributed by atoms with Gasteiger partial charge in [-0.2, -0.15) is 0 Å². The fourth-order valence-corrected chi connectivity index (χ4v) is 2.75. The van der Waals surface area contributed by atoms with E-state index >= 15 is 0 Å². The second-order valence-corrected chi connectivity index (χ2v) is 5.85. The number of carbonyl (C=O) groups is 1. The van der Waals surface area contributed by atoms with E-state index in [9.17, 15) is 4.79 Å². The molecule has 1 N–H and O–H groups in total. The Bertz CT molecular complexity index is 630. The maximum Gasteiger partial charge on any atom is 0.230 e. The summed E-state index contributed by atoms with van der Waals surface area (Å²) in [5.74, 6) is 0.963. The van der Waals surface area contributed by atoms with Crippen LogP contribution in [0.4, 0.5) is 0 Å². The lowest BCUT2D eigenvalue weighted by Crippen LogP contribution is -2.28. The maximum atomic E-state index is 11.7. The standard InChI is InChI=1S/C14H17ClN4O2S/c1-10-17-18-14(22-9-13(20)16-7-8-21-2)19(10)12-5-3-11(15)4-6-12/h3-6H,7-9H2,1-2H3,(H,16,20). The second-order valence-electron chi connectivity index (χ2n) is 4.47. The van der Waals surface area contributed by atoms with Gasteiger partial charge < -0.3 is 10.1 Å². The molecule has 0 bridgehead atoms. The SMILES string of the molecule is COCCNC(=O)CSc1nnc(C)n1-c1ccc(Cl)cc1. The van der Waals surface area contributed by atoms with Crippen LogP contribution in [0.3, 0.4) is 0 Å². The minimum absolute atomic E-state index is 0.0645. The molecule has 2 aromatic rings. The number of aromatic nitrogens is 3. The summed E-state index contributed by atoms with van der Waals surface area (Å²) in [6.07, 6.45) is 0. The number of thioether (sulfide) groups is 1. The topological polar surface area (TPSA) is 69.0 Å². The van der Waals surface area contributed by atoms with Gasteiger partial charge in [-0.25, -0.2) is 0 Å². The summed E-state index contributed by atoms with van der Waals surface area (Å²) < 4.78 is 6.78. The lowest BCUT2D eigenvalue weighted by atomic mass is 10.3. The van der Waals surface area contributed by atoms with Crippen molar-refractivity contribution >= 4 is 29.3 Å². The number of hydrogen-bond acceptors (Lipinski definition) is 5. The molecule has 0 saturated heterocycles. The van der Waals surface area contributed by atoms with Gasteiger partial charge in [0, 0.05) is 24.4 Å². The molecule has 8 heteroatoms. The van der Waals surface area contributed by atoms with Crippen molar-refractivity contribution in [2.75, 3.05) is 26.0 Å². The number of hydrogen-bond donors (Lipinski definition) is 1. The van der Waals surface area contributed by atoms with E-state index in [-0.39, 0.29) is 11.7 Å². The van der Waals surface area contributed by atoms with Crippen molar-refractivity contribution in [2.24, 2.45) is 0 Å². The molecule has 0 atom stereocenters. The van der Waals surface area contributed by atoms with Gasteiger partial charge in [0.15, 0.2) is 5.16 Å². The van der Waals surface area contributed by atoms with Gasteiger partial charge in [-0.1, -0.05) is 23.4 Å². The van der Waals surface area contributed by atoms with Crippen LogP contribution in [0.25, 0.3) is 5.69 Å². The predicted molar refractivity (Wildman–Crippen MR) is 86.7 cm³/mol. The third-order valence-electron chi connectivity index (χ3n) is 2.84. The molecule has 1 amide bonds. The lowest BCUT2D eigenvalue weighted by molar-refractivity contribution is -0.118. The largest absolute Gasteiger partial charge is 0.383 e.